The molecule has 0 fully saturated rings. The van der Waals surface area contributed by atoms with E-state index in [0.29, 0.717) is 10.6 Å². The fraction of sp³-hybridized carbons (Fsp3) is 0. The van der Waals surface area contributed by atoms with Gasteiger partial charge >= 0.3 is 5.97 Å². The average molecular weight is 403 g/mol. The third-order valence-corrected chi connectivity index (χ3v) is 3.97. The third-order valence-electron chi connectivity index (χ3n) is 3.21. The molecule has 0 aliphatic rings. The second-order valence-corrected chi connectivity index (χ2v) is 6.15. The second kappa shape index (κ2) is 6.90. The van der Waals surface area contributed by atoms with Crippen molar-refractivity contribution in [2.45, 2.75) is 0 Å². The third kappa shape index (κ3) is 3.50. The number of H-pyrrole nitrogens is 1. The predicted octanol–water partition coefficient (Wildman–Crippen LogP) is 3.95. The van der Waals surface area contributed by atoms with E-state index >= 15 is 0 Å². The fourth-order valence-corrected chi connectivity index (χ4v) is 2.63. The first-order chi connectivity index (χ1) is 11.5. The Morgan fingerprint density at radius 2 is 2.04 bits per heavy atom. The zero-order chi connectivity index (χ0) is 17.1. The van der Waals surface area contributed by atoms with Gasteiger partial charge in [0.05, 0.1) is 11.8 Å². The van der Waals surface area contributed by atoms with E-state index in [9.17, 15) is 4.79 Å². The lowest BCUT2D eigenvalue weighted by atomic mass is 10.1. The predicted molar refractivity (Wildman–Crippen MR) is 96.9 cm³/mol. The molecule has 0 atom stereocenters. The van der Waals surface area contributed by atoms with E-state index in [1.807, 2.05) is 24.3 Å². The molecule has 2 N–H and O–H groups in total. The number of aromatic nitrogens is 3. The number of aromatic carboxylic acids is 1. The number of aromatic amines is 1. The van der Waals surface area contributed by atoms with Gasteiger partial charge in [0.1, 0.15) is 0 Å². The Hall–Kier alpha value is -2.58. The Bertz CT molecular complexity index is 976. The molecule has 0 aliphatic heterocycles. The summed E-state index contributed by atoms with van der Waals surface area (Å²) in [5.74, 6) is -0.382. The van der Waals surface area contributed by atoms with Gasteiger partial charge in [-0.15, -0.1) is 0 Å². The summed E-state index contributed by atoms with van der Waals surface area (Å²) in [6, 6.07) is 14.0. The Balaban J connectivity index is 1.94. The zero-order valence-corrected chi connectivity index (χ0v) is 14.6. The molecule has 24 heavy (non-hydrogen) atoms. The van der Waals surface area contributed by atoms with Crippen LogP contribution in [0.2, 0.25) is 0 Å². The highest BCUT2D eigenvalue weighted by atomic mass is 79.9. The Labute approximate surface area is 150 Å². The van der Waals surface area contributed by atoms with Crippen molar-refractivity contribution < 1.29 is 9.90 Å². The van der Waals surface area contributed by atoms with E-state index < -0.39 is 5.97 Å². The van der Waals surface area contributed by atoms with Crippen LogP contribution in [0, 0.1) is 4.77 Å². The first-order valence-corrected chi connectivity index (χ1v) is 8.06. The maximum atomic E-state index is 10.9. The Kier molecular flexibility index (Phi) is 4.68. The molecule has 3 aromatic rings. The van der Waals surface area contributed by atoms with E-state index in [1.165, 1.54) is 16.8 Å². The normalized spacial score (nSPS) is 11.0. The van der Waals surface area contributed by atoms with Crippen molar-refractivity contribution in [1.82, 2.24) is 14.9 Å². The SMILES string of the molecule is O=C(O)c1ccc(/C=N\n2c(-c3cccc(Br)c3)n[nH]c2=S)cc1. The number of nitrogens with one attached hydrogen (secondary N) is 1. The van der Waals surface area contributed by atoms with Gasteiger partial charge in [-0.3, -0.25) is 0 Å². The number of halogens is 1. The van der Waals surface area contributed by atoms with Crippen LogP contribution >= 0.6 is 28.1 Å². The first kappa shape index (κ1) is 16.3. The molecular formula is C16H11BrN4O2S. The molecule has 6 nitrogen and oxygen atoms in total. The first-order valence-electron chi connectivity index (χ1n) is 6.85. The van der Waals surface area contributed by atoms with Crippen molar-refractivity contribution in [3.8, 4) is 11.4 Å². The number of hydrogen-bond donors (Lipinski definition) is 2. The minimum absolute atomic E-state index is 0.224. The highest BCUT2D eigenvalue weighted by molar-refractivity contribution is 9.10. The summed E-state index contributed by atoms with van der Waals surface area (Å²) < 4.78 is 2.81. The fourth-order valence-electron chi connectivity index (χ4n) is 2.05. The van der Waals surface area contributed by atoms with Gasteiger partial charge in [0.25, 0.3) is 0 Å². The summed E-state index contributed by atoms with van der Waals surface area (Å²) in [5.41, 5.74) is 1.83. The number of hydrogen-bond acceptors (Lipinski definition) is 4. The van der Waals surface area contributed by atoms with Gasteiger partial charge in [0.15, 0.2) is 5.82 Å². The monoisotopic (exact) mass is 402 g/mol. The molecule has 0 saturated carbocycles. The van der Waals surface area contributed by atoms with E-state index in [2.05, 4.69) is 31.2 Å². The molecule has 0 amide bonds. The standard InChI is InChI=1S/C16H11BrN4O2S/c17-13-3-1-2-12(8-13)14-19-20-16(24)21(14)18-9-10-4-6-11(7-5-10)15(22)23/h1-9H,(H,20,24)(H,22,23)/b18-9-. The largest absolute Gasteiger partial charge is 0.478 e. The highest BCUT2D eigenvalue weighted by Gasteiger charge is 2.08. The Morgan fingerprint density at radius 3 is 2.71 bits per heavy atom. The maximum absolute atomic E-state index is 10.9. The van der Waals surface area contributed by atoms with E-state index in [4.69, 9.17) is 17.3 Å². The summed E-state index contributed by atoms with van der Waals surface area (Å²) in [4.78, 5) is 10.9. The Morgan fingerprint density at radius 1 is 1.29 bits per heavy atom. The summed E-state index contributed by atoms with van der Waals surface area (Å²) in [6.07, 6.45) is 1.60. The van der Waals surface area contributed by atoms with Gasteiger partial charge in [0.2, 0.25) is 4.77 Å². The van der Waals surface area contributed by atoms with Gasteiger partial charge in [-0.1, -0.05) is 40.2 Å². The highest BCUT2D eigenvalue weighted by Crippen LogP contribution is 2.21. The molecule has 1 aromatic heterocycles. The number of nitrogens with zero attached hydrogens (tertiary/aromatic N) is 3. The van der Waals surface area contributed by atoms with Crippen LogP contribution in [0.1, 0.15) is 15.9 Å². The molecule has 120 valence electrons. The molecule has 0 unspecified atom stereocenters. The molecular weight excluding hydrogens is 392 g/mol. The minimum atomic E-state index is -0.965. The van der Waals surface area contributed by atoms with Crippen LogP contribution in [-0.2, 0) is 0 Å². The van der Waals surface area contributed by atoms with E-state index in [0.717, 1.165) is 15.6 Å². The number of rotatable bonds is 4. The molecule has 0 spiro atoms. The summed E-state index contributed by atoms with van der Waals surface area (Å²) in [5, 5.41) is 20.2. The van der Waals surface area contributed by atoms with Crippen LogP contribution in [0.25, 0.3) is 11.4 Å². The van der Waals surface area contributed by atoms with E-state index in [-0.39, 0.29) is 5.56 Å². The minimum Gasteiger partial charge on any atom is -0.478 e. The summed E-state index contributed by atoms with van der Waals surface area (Å²) >= 11 is 8.64. The topological polar surface area (TPSA) is 83.3 Å². The summed E-state index contributed by atoms with van der Waals surface area (Å²) in [6.45, 7) is 0. The second-order valence-electron chi connectivity index (χ2n) is 4.85. The van der Waals surface area contributed by atoms with Crippen molar-refractivity contribution in [3.05, 3.63) is 68.9 Å². The quantitative estimate of drug-likeness (QED) is 0.511. The van der Waals surface area contributed by atoms with Crippen molar-refractivity contribution in [2.24, 2.45) is 5.10 Å². The summed E-state index contributed by atoms with van der Waals surface area (Å²) in [7, 11) is 0. The number of carboxylic acid groups (broad SMARTS) is 1. The smallest absolute Gasteiger partial charge is 0.335 e. The number of carboxylic acids is 1. The van der Waals surface area contributed by atoms with Crippen LogP contribution in [0.15, 0.2) is 58.1 Å². The lowest BCUT2D eigenvalue weighted by Crippen LogP contribution is -1.97. The van der Waals surface area contributed by atoms with Crippen LogP contribution < -0.4 is 0 Å². The van der Waals surface area contributed by atoms with Gasteiger partial charge in [-0.25, -0.2) is 9.89 Å². The van der Waals surface area contributed by atoms with Crippen molar-refractivity contribution in [1.29, 1.82) is 0 Å². The number of carbonyl (C=O) groups is 1. The van der Waals surface area contributed by atoms with Crippen molar-refractivity contribution in [3.63, 3.8) is 0 Å². The van der Waals surface area contributed by atoms with Gasteiger partial charge < -0.3 is 5.11 Å². The molecule has 0 aliphatic carbocycles. The van der Waals surface area contributed by atoms with Crippen molar-refractivity contribution >= 4 is 40.3 Å². The molecule has 3 rings (SSSR count). The molecule has 0 saturated heterocycles. The average Bonchev–Trinajstić information content (AvgIpc) is 2.94. The molecule has 0 bridgehead atoms. The van der Waals surface area contributed by atoms with E-state index in [1.54, 1.807) is 18.3 Å². The van der Waals surface area contributed by atoms with Crippen molar-refractivity contribution in [2.75, 3.05) is 0 Å². The molecule has 2 aromatic carbocycles. The number of benzene rings is 2. The molecule has 0 radical (unpaired) electrons. The van der Waals surface area contributed by atoms with Crippen LogP contribution in [0.3, 0.4) is 0 Å². The van der Waals surface area contributed by atoms with Crippen LogP contribution in [-0.4, -0.2) is 32.2 Å². The maximum Gasteiger partial charge on any atom is 0.335 e. The lowest BCUT2D eigenvalue weighted by Gasteiger charge is -2.01. The lowest BCUT2D eigenvalue weighted by molar-refractivity contribution is 0.0697. The van der Waals surface area contributed by atoms with Gasteiger partial charge in [-0.05, 0) is 42.0 Å². The molecule has 1 heterocycles. The van der Waals surface area contributed by atoms with Gasteiger partial charge in [0, 0.05) is 10.0 Å². The molecule has 8 heteroatoms. The van der Waals surface area contributed by atoms with Crippen LogP contribution in [0.4, 0.5) is 0 Å². The van der Waals surface area contributed by atoms with Crippen LogP contribution in [0.5, 0.6) is 0 Å². The van der Waals surface area contributed by atoms with Gasteiger partial charge in [-0.2, -0.15) is 14.9 Å². The zero-order valence-electron chi connectivity index (χ0n) is 12.2.